The summed E-state index contributed by atoms with van der Waals surface area (Å²) in [6.07, 6.45) is 0.931. The van der Waals surface area contributed by atoms with Gasteiger partial charge in [-0.15, -0.1) is 0 Å². The van der Waals surface area contributed by atoms with Gasteiger partial charge >= 0.3 is 0 Å². The summed E-state index contributed by atoms with van der Waals surface area (Å²) in [6, 6.07) is 12.2. The molecule has 2 heterocycles. The lowest BCUT2D eigenvalue weighted by atomic mass is 10.2. The normalized spacial score (nSPS) is 11.2. The molecule has 0 bridgehead atoms. The topological polar surface area (TPSA) is 171 Å². The molecule has 0 saturated heterocycles. The van der Waals surface area contributed by atoms with Gasteiger partial charge in [0, 0.05) is 35.0 Å². The molecule has 2 aromatic carbocycles. The van der Waals surface area contributed by atoms with E-state index in [1.54, 1.807) is 12.1 Å². The van der Waals surface area contributed by atoms with Crippen molar-refractivity contribution in [1.82, 2.24) is 10.2 Å². The largest absolute Gasteiger partial charge is 0.460 e. The molecule has 0 aliphatic rings. The van der Waals surface area contributed by atoms with Gasteiger partial charge in [0.25, 0.3) is 21.5 Å². The van der Waals surface area contributed by atoms with Gasteiger partial charge < -0.3 is 14.2 Å². The van der Waals surface area contributed by atoms with E-state index in [2.05, 4.69) is 42.1 Å². The SMILES string of the molecule is CCN(CC)Cc1cc2cc([N+](=O)[O-])ccc2o1.CCNCC.CS(=O)(=O)OCc1cc2cc([N+](=O)[O-])ccc2o1. The van der Waals surface area contributed by atoms with Crippen molar-refractivity contribution >= 4 is 43.4 Å². The quantitative estimate of drug-likeness (QED) is 0.130. The number of hydrogen-bond donors (Lipinski definition) is 1. The third kappa shape index (κ3) is 10.9. The minimum atomic E-state index is -3.55. The Balaban J connectivity index is 0.000000247. The fraction of sp³-hybridized carbons (Fsp3) is 0.407. The molecule has 0 amide bonds. The standard InChI is InChI=1S/C13H16N2O3.C10H9NO6S.C4H11N/c1-3-14(4-2)9-12-8-10-7-11(15(16)17)5-6-13(10)18-12;1-18(14,15)16-6-9-5-7-4-8(11(12)13)2-3-10(7)17-9;1-3-5-4-2/h5-8H,3-4,9H2,1-2H3;2-5H,6H2,1H3;5H,3-4H2,1-2H3. The second-order valence-corrected chi connectivity index (χ2v) is 10.4. The summed E-state index contributed by atoms with van der Waals surface area (Å²) in [5.74, 6) is 1.13. The zero-order valence-electron chi connectivity index (χ0n) is 23.8. The Morgan fingerprint density at radius 3 is 1.66 bits per heavy atom. The smallest absolute Gasteiger partial charge is 0.270 e. The van der Waals surface area contributed by atoms with E-state index in [0.29, 0.717) is 16.6 Å². The van der Waals surface area contributed by atoms with Crippen LogP contribution in [0.15, 0.2) is 57.4 Å². The van der Waals surface area contributed by atoms with Crippen LogP contribution in [0.3, 0.4) is 0 Å². The van der Waals surface area contributed by atoms with Crippen LogP contribution < -0.4 is 5.32 Å². The molecule has 0 saturated carbocycles. The van der Waals surface area contributed by atoms with E-state index in [9.17, 15) is 28.6 Å². The Morgan fingerprint density at radius 2 is 1.27 bits per heavy atom. The number of nitrogens with one attached hydrogen (secondary N) is 1. The van der Waals surface area contributed by atoms with Gasteiger partial charge in [-0.25, -0.2) is 0 Å². The summed E-state index contributed by atoms with van der Waals surface area (Å²) in [6.45, 7) is 13.0. The van der Waals surface area contributed by atoms with Crippen LogP contribution in [0.25, 0.3) is 21.9 Å². The third-order valence-electron chi connectivity index (χ3n) is 5.71. The second-order valence-electron chi connectivity index (χ2n) is 8.77. The summed E-state index contributed by atoms with van der Waals surface area (Å²) >= 11 is 0. The first kappa shape index (κ1) is 33.4. The predicted molar refractivity (Wildman–Crippen MR) is 156 cm³/mol. The van der Waals surface area contributed by atoms with Crippen LogP contribution in [0.2, 0.25) is 0 Å². The summed E-state index contributed by atoms with van der Waals surface area (Å²) < 4.78 is 37.1. The van der Waals surface area contributed by atoms with Gasteiger partial charge in [0.05, 0.1) is 22.6 Å². The fourth-order valence-electron chi connectivity index (χ4n) is 3.63. The van der Waals surface area contributed by atoms with Crippen LogP contribution in [-0.2, 0) is 27.5 Å². The number of rotatable bonds is 11. The summed E-state index contributed by atoms with van der Waals surface area (Å²) in [5, 5.41) is 25.7. The minimum Gasteiger partial charge on any atom is -0.460 e. The second kappa shape index (κ2) is 15.8. The van der Waals surface area contributed by atoms with Gasteiger partial charge in [-0.05, 0) is 50.4 Å². The molecule has 4 rings (SSSR count). The highest BCUT2D eigenvalue weighted by atomic mass is 32.2. The van der Waals surface area contributed by atoms with E-state index in [1.807, 2.05) is 6.07 Å². The Kier molecular flexibility index (Phi) is 12.9. The number of fused-ring (bicyclic) bond motifs is 2. The number of nitro benzene ring substituents is 2. The summed E-state index contributed by atoms with van der Waals surface area (Å²) in [7, 11) is -3.55. The molecule has 4 aromatic rings. The number of furan rings is 2. The van der Waals surface area contributed by atoms with Gasteiger partial charge in [-0.3, -0.25) is 29.3 Å². The Hall–Kier alpha value is -3.85. The Morgan fingerprint density at radius 1 is 0.805 bits per heavy atom. The van der Waals surface area contributed by atoms with Crippen LogP contribution in [-0.4, -0.2) is 55.6 Å². The Bertz CT molecular complexity index is 1540. The van der Waals surface area contributed by atoms with Crippen LogP contribution >= 0.6 is 0 Å². The van der Waals surface area contributed by atoms with Crippen LogP contribution in [0.4, 0.5) is 11.4 Å². The highest BCUT2D eigenvalue weighted by Gasteiger charge is 2.13. The maximum absolute atomic E-state index is 10.8. The van der Waals surface area contributed by atoms with Crippen molar-refractivity contribution in [2.45, 2.75) is 40.8 Å². The first-order valence-corrected chi connectivity index (χ1v) is 14.8. The first-order valence-electron chi connectivity index (χ1n) is 13.0. The summed E-state index contributed by atoms with van der Waals surface area (Å²) in [5.41, 5.74) is 1.17. The highest BCUT2D eigenvalue weighted by molar-refractivity contribution is 7.85. The zero-order chi connectivity index (χ0) is 30.6. The number of benzene rings is 2. The lowest BCUT2D eigenvalue weighted by Gasteiger charge is -2.15. The molecule has 0 radical (unpaired) electrons. The van der Waals surface area contributed by atoms with Crippen molar-refractivity contribution < 1.29 is 31.3 Å². The minimum absolute atomic E-state index is 0.0566. The molecule has 1 N–H and O–H groups in total. The van der Waals surface area contributed by atoms with Crippen LogP contribution in [0.1, 0.15) is 39.2 Å². The van der Waals surface area contributed by atoms with E-state index in [4.69, 9.17) is 8.83 Å². The van der Waals surface area contributed by atoms with Crippen LogP contribution in [0, 0.1) is 20.2 Å². The van der Waals surface area contributed by atoms with E-state index in [0.717, 1.165) is 50.1 Å². The molecule has 14 heteroatoms. The van der Waals surface area contributed by atoms with Gasteiger partial charge in [-0.2, -0.15) is 8.42 Å². The lowest BCUT2D eigenvalue weighted by molar-refractivity contribution is -0.384. The molecular formula is C27H36N4O9S. The van der Waals surface area contributed by atoms with E-state index >= 15 is 0 Å². The van der Waals surface area contributed by atoms with Crippen molar-refractivity contribution in [3.63, 3.8) is 0 Å². The predicted octanol–water partition coefficient (Wildman–Crippen LogP) is 5.62. The molecule has 0 atom stereocenters. The summed E-state index contributed by atoms with van der Waals surface area (Å²) in [4.78, 5) is 22.6. The molecular weight excluding hydrogens is 556 g/mol. The molecule has 2 aromatic heterocycles. The van der Waals surface area contributed by atoms with Gasteiger partial charge in [-0.1, -0.05) is 27.7 Å². The average molecular weight is 593 g/mol. The van der Waals surface area contributed by atoms with Crippen molar-refractivity contribution in [3.05, 3.63) is 80.3 Å². The molecule has 224 valence electrons. The maximum atomic E-state index is 10.8. The molecule has 41 heavy (non-hydrogen) atoms. The first-order chi connectivity index (χ1) is 19.4. The molecule has 0 aliphatic heterocycles. The van der Waals surface area contributed by atoms with Crippen molar-refractivity contribution in [3.8, 4) is 0 Å². The number of nitrogens with zero attached hydrogens (tertiary/aromatic N) is 3. The van der Waals surface area contributed by atoms with E-state index in [-0.39, 0.29) is 23.7 Å². The Labute approximate surface area is 238 Å². The lowest BCUT2D eigenvalue weighted by Crippen LogP contribution is -2.21. The van der Waals surface area contributed by atoms with Gasteiger partial charge in [0.15, 0.2) is 0 Å². The number of non-ortho nitro benzene ring substituents is 2. The maximum Gasteiger partial charge on any atom is 0.270 e. The third-order valence-corrected chi connectivity index (χ3v) is 6.26. The van der Waals surface area contributed by atoms with E-state index in [1.165, 1.54) is 30.3 Å². The number of nitro groups is 2. The van der Waals surface area contributed by atoms with Gasteiger partial charge in [0.1, 0.15) is 29.3 Å². The molecule has 0 aliphatic carbocycles. The van der Waals surface area contributed by atoms with Crippen molar-refractivity contribution in [1.29, 1.82) is 0 Å². The molecule has 0 spiro atoms. The van der Waals surface area contributed by atoms with Crippen molar-refractivity contribution in [2.75, 3.05) is 32.4 Å². The monoisotopic (exact) mass is 592 g/mol. The molecule has 13 nitrogen and oxygen atoms in total. The fourth-order valence-corrected chi connectivity index (χ4v) is 3.96. The number of hydrogen-bond acceptors (Lipinski definition) is 11. The average Bonchev–Trinajstić information content (AvgIpc) is 3.53. The van der Waals surface area contributed by atoms with Crippen molar-refractivity contribution in [2.24, 2.45) is 0 Å². The highest BCUT2D eigenvalue weighted by Crippen LogP contribution is 2.26. The van der Waals surface area contributed by atoms with Gasteiger partial charge in [0.2, 0.25) is 0 Å². The van der Waals surface area contributed by atoms with E-state index < -0.39 is 20.0 Å². The molecule has 0 fully saturated rings. The zero-order valence-corrected chi connectivity index (χ0v) is 24.6. The van der Waals surface area contributed by atoms with Crippen LogP contribution in [0.5, 0.6) is 0 Å². The molecule has 0 unspecified atom stereocenters.